The minimum Gasteiger partial charge on any atom is -0.467 e. The van der Waals surface area contributed by atoms with Gasteiger partial charge in [-0.15, -0.1) is 24.8 Å². The number of rotatable bonds is 7. The molecule has 1 aliphatic heterocycles. The first-order chi connectivity index (χ1) is 15.2. The summed E-state index contributed by atoms with van der Waals surface area (Å²) in [6.45, 7) is 12.7. The average Bonchev–Trinajstić information content (AvgIpc) is 3.28. The van der Waals surface area contributed by atoms with Gasteiger partial charge < -0.3 is 20.0 Å². The Kier molecular flexibility index (Phi) is 11.3. The Hall–Kier alpha value is -2.34. The average molecular weight is 511 g/mol. The summed E-state index contributed by atoms with van der Waals surface area (Å²) >= 11 is 0. The smallest absolute Gasteiger partial charge is 0.259 e. The Morgan fingerprint density at radius 1 is 1.35 bits per heavy atom. The van der Waals surface area contributed by atoms with Gasteiger partial charge >= 0.3 is 0 Å². The van der Waals surface area contributed by atoms with Crippen molar-refractivity contribution in [1.82, 2.24) is 20.2 Å². The molecule has 188 valence electrons. The molecule has 1 fully saturated rings. The topological polar surface area (TPSA) is 107 Å². The molecule has 0 aliphatic carbocycles. The van der Waals surface area contributed by atoms with Crippen LogP contribution in [0.25, 0.3) is 0 Å². The number of nitrogens with zero attached hydrogens (tertiary/aromatic N) is 4. The van der Waals surface area contributed by atoms with Crippen LogP contribution in [-0.4, -0.2) is 46.5 Å². The number of hydrogen-bond donors (Lipinski definition) is 2. The van der Waals surface area contributed by atoms with E-state index in [4.69, 9.17) is 9.40 Å². The van der Waals surface area contributed by atoms with Crippen molar-refractivity contribution in [2.45, 2.75) is 59.0 Å². The van der Waals surface area contributed by atoms with E-state index in [0.717, 1.165) is 5.76 Å². The van der Waals surface area contributed by atoms with Gasteiger partial charge in [0.05, 0.1) is 24.8 Å². The first-order valence-electron chi connectivity index (χ1n) is 11.2. The molecule has 34 heavy (non-hydrogen) atoms. The summed E-state index contributed by atoms with van der Waals surface area (Å²) in [5.41, 5.74) is 0.178. The summed E-state index contributed by atoms with van der Waals surface area (Å²) in [5, 5.41) is 16.0. The molecular formula is C24H36Cl2N6O2. The number of anilines is 1. The van der Waals surface area contributed by atoms with Crippen molar-refractivity contribution >= 4 is 36.5 Å². The van der Waals surface area contributed by atoms with Gasteiger partial charge in [0.2, 0.25) is 0 Å². The molecule has 0 radical (unpaired) electrons. The zero-order valence-electron chi connectivity index (χ0n) is 20.5. The van der Waals surface area contributed by atoms with E-state index in [-0.39, 0.29) is 54.0 Å². The van der Waals surface area contributed by atoms with E-state index < -0.39 is 0 Å². The highest BCUT2D eigenvalue weighted by atomic mass is 35.5. The van der Waals surface area contributed by atoms with E-state index in [2.05, 4.69) is 35.5 Å². The Morgan fingerprint density at radius 2 is 2.09 bits per heavy atom. The van der Waals surface area contributed by atoms with Crippen molar-refractivity contribution in [3.8, 4) is 6.07 Å². The van der Waals surface area contributed by atoms with Crippen LogP contribution < -0.4 is 10.6 Å². The van der Waals surface area contributed by atoms with Gasteiger partial charge in [0.15, 0.2) is 0 Å². The van der Waals surface area contributed by atoms with Crippen molar-refractivity contribution in [1.29, 1.82) is 5.26 Å². The van der Waals surface area contributed by atoms with Gasteiger partial charge in [0, 0.05) is 37.3 Å². The molecule has 10 heteroatoms. The van der Waals surface area contributed by atoms with Crippen LogP contribution in [0.2, 0.25) is 0 Å². The Bertz CT molecular complexity index is 953. The van der Waals surface area contributed by atoms with Gasteiger partial charge in [0.1, 0.15) is 23.0 Å². The van der Waals surface area contributed by atoms with Gasteiger partial charge in [-0.1, -0.05) is 34.6 Å². The van der Waals surface area contributed by atoms with Crippen LogP contribution in [0.4, 0.5) is 5.82 Å². The molecule has 8 nitrogen and oxygen atoms in total. The Labute approximate surface area is 214 Å². The predicted octanol–water partition coefficient (Wildman–Crippen LogP) is 4.42. The van der Waals surface area contributed by atoms with Gasteiger partial charge in [-0.3, -0.25) is 4.79 Å². The molecule has 2 atom stereocenters. The van der Waals surface area contributed by atoms with Crippen molar-refractivity contribution in [3.63, 3.8) is 0 Å². The molecule has 1 saturated heterocycles. The molecular weight excluding hydrogens is 475 g/mol. The highest BCUT2D eigenvalue weighted by Crippen LogP contribution is 2.25. The van der Waals surface area contributed by atoms with E-state index in [0.29, 0.717) is 49.8 Å². The number of halogens is 2. The van der Waals surface area contributed by atoms with Crippen LogP contribution in [-0.2, 0) is 12.0 Å². The maximum atomic E-state index is 13.8. The summed E-state index contributed by atoms with van der Waals surface area (Å²) in [7, 11) is 0. The van der Waals surface area contributed by atoms with E-state index in [9.17, 15) is 10.1 Å². The zero-order valence-corrected chi connectivity index (χ0v) is 22.1. The first-order valence-corrected chi connectivity index (χ1v) is 11.2. The molecule has 1 amide bonds. The highest BCUT2D eigenvalue weighted by Gasteiger charge is 2.32. The third-order valence-corrected chi connectivity index (χ3v) is 5.47. The lowest BCUT2D eigenvalue weighted by molar-refractivity contribution is 0.0604. The van der Waals surface area contributed by atoms with Crippen LogP contribution >= 0.6 is 24.8 Å². The maximum Gasteiger partial charge on any atom is 0.259 e. The molecule has 0 bridgehead atoms. The summed E-state index contributed by atoms with van der Waals surface area (Å²) in [6.07, 6.45) is 3.92. The van der Waals surface area contributed by atoms with Crippen molar-refractivity contribution in [3.05, 3.63) is 41.7 Å². The monoisotopic (exact) mass is 510 g/mol. The van der Waals surface area contributed by atoms with Crippen LogP contribution in [0.5, 0.6) is 0 Å². The minimum atomic E-state index is -0.256. The fourth-order valence-electron chi connectivity index (χ4n) is 3.82. The molecule has 2 N–H and O–H groups in total. The molecule has 2 aromatic heterocycles. The quantitative estimate of drug-likeness (QED) is 0.567. The number of aromatic nitrogens is 2. The van der Waals surface area contributed by atoms with E-state index in [1.165, 1.54) is 0 Å². The minimum absolute atomic E-state index is 0. The lowest BCUT2D eigenvalue weighted by Gasteiger charge is -2.37. The molecule has 0 unspecified atom stereocenters. The van der Waals surface area contributed by atoms with Crippen LogP contribution in [0.15, 0.2) is 29.0 Å². The van der Waals surface area contributed by atoms with E-state index in [1.807, 2.05) is 37.8 Å². The molecule has 0 aromatic carbocycles. The summed E-state index contributed by atoms with van der Waals surface area (Å²) in [4.78, 5) is 24.9. The molecule has 3 heterocycles. The second-order valence-electron chi connectivity index (χ2n) is 9.86. The fraction of sp³-hybridized carbons (Fsp3) is 0.583. The molecule has 3 rings (SSSR count). The lowest BCUT2D eigenvalue weighted by atomic mass is 9.94. The number of hydrogen-bond acceptors (Lipinski definition) is 7. The summed E-state index contributed by atoms with van der Waals surface area (Å²) < 4.78 is 5.43. The Morgan fingerprint density at radius 3 is 2.68 bits per heavy atom. The van der Waals surface area contributed by atoms with Gasteiger partial charge in [0.25, 0.3) is 5.91 Å². The first kappa shape index (κ1) is 29.7. The van der Waals surface area contributed by atoms with Crippen molar-refractivity contribution in [2.24, 2.45) is 11.8 Å². The van der Waals surface area contributed by atoms with Crippen molar-refractivity contribution < 1.29 is 9.21 Å². The molecule has 1 aliphatic rings. The van der Waals surface area contributed by atoms with Crippen LogP contribution in [0.3, 0.4) is 0 Å². The maximum absolute atomic E-state index is 13.8. The third kappa shape index (κ3) is 7.59. The fourth-order valence-corrected chi connectivity index (χ4v) is 3.82. The summed E-state index contributed by atoms with van der Waals surface area (Å²) in [5.74, 6) is 1.98. The summed E-state index contributed by atoms with van der Waals surface area (Å²) in [6, 6.07) is 6.00. The largest absolute Gasteiger partial charge is 0.467 e. The van der Waals surface area contributed by atoms with Crippen LogP contribution in [0, 0.1) is 23.2 Å². The van der Waals surface area contributed by atoms with Gasteiger partial charge in [-0.25, -0.2) is 9.97 Å². The highest BCUT2D eigenvalue weighted by molar-refractivity contribution is 5.98. The molecule has 0 saturated carbocycles. The Balaban J connectivity index is 0.00000289. The van der Waals surface area contributed by atoms with Crippen LogP contribution in [0.1, 0.15) is 63.0 Å². The predicted molar refractivity (Wildman–Crippen MR) is 138 cm³/mol. The number of carbonyl (C=O) groups excluding carboxylic acids is 1. The van der Waals surface area contributed by atoms with Crippen molar-refractivity contribution in [2.75, 3.05) is 25.0 Å². The molecule has 2 aromatic rings. The second-order valence-corrected chi connectivity index (χ2v) is 9.86. The van der Waals surface area contributed by atoms with Gasteiger partial charge in [-0.2, -0.15) is 5.26 Å². The number of furan rings is 1. The van der Waals surface area contributed by atoms with Gasteiger partial charge in [-0.05, 0) is 24.5 Å². The second kappa shape index (κ2) is 12.9. The number of nitriles is 1. The number of piperidine rings is 1. The number of amides is 1. The normalized spacial score (nSPS) is 17.8. The molecule has 0 spiro atoms. The number of carbonyl (C=O) groups is 1. The third-order valence-electron chi connectivity index (χ3n) is 5.47. The van der Waals surface area contributed by atoms with E-state index >= 15 is 0 Å². The van der Waals surface area contributed by atoms with E-state index in [1.54, 1.807) is 12.5 Å². The SMILES string of the molecule is CC(C)CN(C(=O)c1cnc(C(C)(C)C)nc1NCc1ccco1)[C@@H]1CNC[C@H](C#N)C1.Cl.Cl. The zero-order chi connectivity index (χ0) is 23.3. The lowest BCUT2D eigenvalue weighted by Crippen LogP contribution is -2.52. The number of nitrogens with one attached hydrogen (secondary N) is 2. The standard InChI is InChI=1S/C24H34N6O2.2ClH/c1-16(2)15-30(18-9-17(10-25)11-26-12-18)22(31)20-14-28-23(24(3,4)5)29-21(20)27-13-19-7-6-8-32-19;;/h6-8,14,16-18,26H,9,11-13,15H2,1-5H3,(H,27,28,29);2*1H/t17-,18-;;/m0../s1.